The summed E-state index contributed by atoms with van der Waals surface area (Å²) in [6, 6.07) is 12.5. The number of imide groups is 1. The smallest absolute Gasteiger partial charge is 0.284 e. The SMILES string of the molecule is COc1ccc(NC(=O)C2C(=O)N(c3ccc(OC)cc3)C(=O)/C2=N\O)cc1. The van der Waals surface area contributed by atoms with E-state index in [0.29, 0.717) is 17.2 Å². The Labute approximate surface area is 160 Å². The van der Waals surface area contributed by atoms with Crippen molar-refractivity contribution in [2.75, 3.05) is 24.4 Å². The molecule has 0 saturated carbocycles. The second kappa shape index (κ2) is 7.78. The highest BCUT2D eigenvalue weighted by Gasteiger charge is 2.50. The van der Waals surface area contributed by atoms with Crippen LogP contribution in [0.25, 0.3) is 0 Å². The van der Waals surface area contributed by atoms with E-state index < -0.39 is 29.4 Å². The summed E-state index contributed by atoms with van der Waals surface area (Å²) in [5, 5.41) is 14.7. The predicted octanol–water partition coefficient (Wildman–Crippen LogP) is 1.66. The minimum atomic E-state index is -1.57. The van der Waals surface area contributed by atoms with Gasteiger partial charge in [-0.2, -0.15) is 0 Å². The van der Waals surface area contributed by atoms with Gasteiger partial charge in [0.25, 0.3) is 11.8 Å². The molecule has 2 N–H and O–H groups in total. The van der Waals surface area contributed by atoms with Crippen LogP contribution in [0, 0.1) is 5.92 Å². The maximum Gasteiger partial charge on any atom is 0.284 e. The van der Waals surface area contributed by atoms with Gasteiger partial charge in [-0.25, -0.2) is 4.90 Å². The van der Waals surface area contributed by atoms with Gasteiger partial charge in [-0.05, 0) is 48.5 Å². The van der Waals surface area contributed by atoms with Crippen molar-refractivity contribution in [3.05, 3.63) is 48.5 Å². The number of rotatable bonds is 5. The Bertz CT molecular complexity index is 937. The largest absolute Gasteiger partial charge is 0.497 e. The average Bonchev–Trinajstić information content (AvgIpc) is 2.98. The monoisotopic (exact) mass is 383 g/mol. The topological polar surface area (TPSA) is 118 Å². The number of methoxy groups -OCH3 is 2. The van der Waals surface area contributed by atoms with E-state index in [2.05, 4.69) is 10.5 Å². The summed E-state index contributed by atoms with van der Waals surface area (Å²) in [5.41, 5.74) is 0.0785. The number of benzene rings is 2. The lowest BCUT2D eigenvalue weighted by molar-refractivity contribution is -0.127. The quantitative estimate of drug-likeness (QED) is 0.351. The molecule has 9 heteroatoms. The van der Waals surface area contributed by atoms with E-state index in [1.54, 1.807) is 36.4 Å². The maximum absolute atomic E-state index is 12.8. The van der Waals surface area contributed by atoms with E-state index in [0.717, 1.165) is 4.90 Å². The van der Waals surface area contributed by atoms with E-state index in [9.17, 15) is 19.6 Å². The molecule has 1 unspecified atom stereocenters. The summed E-state index contributed by atoms with van der Waals surface area (Å²) in [6.07, 6.45) is 0. The van der Waals surface area contributed by atoms with Crippen LogP contribution in [0.2, 0.25) is 0 Å². The third kappa shape index (κ3) is 3.37. The lowest BCUT2D eigenvalue weighted by Gasteiger charge is -2.14. The van der Waals surface area contributed by atoms with Crippen molar-refractivity contribution in [2.45, 2.75) is 0 Å². The molecule has 28 heavy (non-hydrogen) atoms. The number of anilines is 2. The lowest BCUT2D eigenvalue weighted by atomic mass is 10.1. The molecular weight excluding hydrogens is 366 g/mol. The van der Waals surface area contributed by atoms with Crippen molar-refractivity contribution in [1.29, 1.82) is 0 Å². The minimum absolute atomic E-state index is 0.233. The van der Waals surface area contributed by atoms with E-state index in [1.807, 2.05) is 0 Å². The third-order valence-corrected chi connectivity index (χ3v) is 4.22. The average molecular weight is 383 g/mol. The molecule has 3 amide bonds. The van der Waals surface area contributed by atoms with E-state index >= 15 is 0 Å². The second-order valence-electron chi connectivity index (χ2n) is 5.81. The van der Waals surface area contributed by atoms with E-state index in [4.69, 9.17) is 9.47 Å². The summed E-state index contributed by atoms with van der Waals surface area (Å²) in [4.78, 5) is 38.7. The molecule has 1 heterocycles. The maximum atomic E-state index is 12.8. The van der Waals surface area contributed by atoms with E-state index in [1.165, 1.54) is 26.4 Å². The van der Waals surface area contributed by atoms with Crippen LogP contribution in [0.3, 0.4) is 0 Å². The molecule has 0 aliphatic carbocycles. The number of nitrogens with zero attached hydrogens (tertiary/aromatic N) is 2. The number of hydrogen-bond acceptors (Lipinski definition) is 7. The Hall–Kier alpha value is -3.88. The zero-order valence-electron chi connectivity index (χ0n) is 15.1. The van der Waals surface area contributed by atoms with Gasteiger partial charge >= 0.3 is 0 Å². The van der Waals surface area contributed by atoms with Crippen LogP contribution in [0.1, 0.15) is 0 Å². The normalized spacial score (nSPS) is 17.7. The number of carbonyl (C=O) groups excluding carboxylic acids is 3. The number of hydrogen-bond donors (Lipinski definition) is 2. The van der Waals surface area contributed by atoms with Crippen molar-refractivity contribution in [3.63, 3.8) is 0 Å². The van der Waals surface area contributed by atoms with Crippen molar-refractivity contribution >= 4 is 34.8 Å². The number of carbonyl (C=O) groups is 3. The van der Waals surface area contributed by atoms with Crippen molar-refractivity contribution in [3.8, 4) is 11.5 Å². The Morgan fingerprint density at radius 1 is 1.00 bits per heavy atom. The van der Waals surface area contributed by atoms with Crippen molar-refractivity contribution < 1.29 is 29.1 Å². The molecule has 0 spiro atoms. The van der Waals surface area contributed by atoms with Crippen LogP contribution in [-0.2, 0) is 14.4 Å². The molecule has 2 aromatic carbocycles. The molecule has 0 radical (unpaired) electrons. The summed E-state index contributed by atoms with van der Waals surface area (Å²) >= 11 is 0. The Morgan fingerprint density at radius 2 is 1.54 bits per heavy atom. The second-order valence-corrected chi connectivity index (χ2v) is 5.81. The summed E-state index contributed by atoms with van der Waals surface area (Å²) in [6.45, 7) is 0. The fourth-order valence-electron chi connectivity index (χ4n) is 2.79. The zero-order valence-corrected chi connectivity index (χ0v) is 15.1. The molecule has 9 nitrogen and oxygen atoms in total. The Kier molecular flexibility index (Phi) is 5.25. The fourth-order valence-corrected chi connectivity index (χ4v) is 2.79. The highest BCUT2D eigenvalue weighted by molar-refractivity contribution is 6.61. The number of oxime groups is 1. The van der Waals surface area contributed by atoms with Gasteiger partial charge in [-0.3, -0.25) is 14.4 Å². The first-order valence-electron chi connectivity index (χ1n) is 8.19. The molecule has 144 valence electrons. The van der Waals surface area contributed by atoms with Crippen LogP contribution in [0.4, 0.5) is 11.4 Å². The van der Waals surface area contributed by atoms with Crippen LogP contribution < -0.4 is 19.7 Å². The molecule has 1 saturated heterocycles. The fraction of sp³-hybridized carbons (Fsp3) is 0.158. The van der Waals surface area contributed by atoms with E-state index in [-0.39, 0.29) is 5.69 Å². The molecule has 2 aromatic rings. The number of ether oxygens (including phenoxy) is 2. The molecule has 1 aliphatic rings. The molecule has 1 atom stereocenters. The van der Waals surface area contributed by atoms with Crippen LogP contribution in [0.5, 0.6) is 11.5 Å². The zero-order chi connectivity index (χ0) is 20.3. The summed E-state index contributed by atoms with van der Waals surface area (Å²) < 4.78 is 10.1. The molecule has 0 aromatic heterocycles. The van der Waals surface area contributed by atoms with Crippen molar-refractivity contribution in [1.82, 2.24) is 0 Å². The first-order valence-corrected chi connectivity index (χ1v) is 8.19. The first kappa shape index (κ1) is 18.9. The minimum Gasteiger partial charge on any atom is -0.497 e. The highest BCUT2D eigenvalue weighted by Crippen LogP contribution is 2.28. The van der Waals surface area contributed by atoms with Gasteiger partial charge in [0.1, 0.15) is 11.5 Å². The first-order chi connectivity index (χ1) is 13.5. The molecular formula is C19H17N3O6. The third-order valence-electron chi connectivity index (χ3n) is 4.22. The molecule has 3 rings (SSSR count). The number of amides is 3. The van der Waals surface area contributed by atoms with Gasteiger partial charge in [-0.15, -0.1) is 0 Å². The number of nitrogens with one attached hydrogen (secondary N) is 1. The molecule has 1 fully saturated rings. The summed E-state index contributed by atoms with van der Waals surface area (Å²) in [7, 11) is 2.99. The molecule has 1 aliphatic heterocycles. The van der Waals surface area contributed by atoms with Gasteiger partial charge in [0, 0.05) is 5.69 Å². The molecule has 0 bridgehead atoms. The van der Waals surface area contributed by atoms with Gasteiger partial charge < -0.3 is 20.0 Å². The van der Waals surface area contributed by atoms with Gasteiger partial charge in [-0.1, -0.05) is 5.16 Å². The predicted molar refractivity (Wildman–Crippen MR) is 99.8 cm³/mol. The lowest BCUT2D eigenvalue weighted by Crippen LogP contribution is -2.34. The standard InChI is InChI=1S/C19H17N3O6/c1-27-13-7-3-11(4-8-13)20-17(23)15-16(21-26)19(25)22(18(15)24)12-5-9-14(28-2)10-6-12/h3-10,15,26H,1-2H3,(H,20,23)/b21-16-. The summed E-state index contributed by atoms with van der Waals surface area (Å²) in [5.74, 6) is -2.91. The van der Waals surface area contributed by atoms with Gasteiger partial charge in [0.05, 0.1) is 19.9 Å². The van der Waals surface area contributed by atoms with Crippen LogP contribution in [-0.4, -0.2) is 42.9 Å². The van der Waals surface area contributed by atoms with Gasteiger partial charge in [0.2, 0.25) is 5.91 Å². The van der Waals surface area contributed by atoms with Crippen LogP contribution in [0.15, 0.2) is 53.7 Å². The highest BCUT2D eigenvalue weighted by atomic mass is 16.5. The van der Waals surface area contributed by atoms with Gasteiger partial charge in [0.15, 0.2) is 11.6 Å². The Balaban J connectivity index is 1.86. The van der Waals surface area contributed by atoms with Crippen molar-refractivity contribution in [2.24, 2.45) is 11.1 Å². The van der Waals surface area contributed by atoms with Crippen LogP contribution >= 0.6 is 0 Å². The Morgan fingerprint density at radius 3 is 2.04 bits per heavy atom.